The molecule has 6 rings (SSSR count). The van der Waals surface area contributed by atoms with Crippen molar-refractivity contribution in [3.63, 3.8) is 0 Å². The Bertz CT molecular complexity index is 1070. The van der Waals surface area contributed by atoms with Crippen LogP contribution in [-0.2, 0) is 10.2 Å². The van der Waals surface area contributed by atoms with Crippen LogP contribution in [0.5, 0.6) is 5.88 Å². The molecule has 2 bridgehead atoms. The van der Waals surface area contributed by atoms with E-state index in [9.17, 15) is 9.90 Å². The van der Waals surface area contributed by atoms with Crippen LogP contribution in [0, 0.1) is 5.41 Å². The van der Waals surface area contributed by atoms with Gasteiger partial charge in [0.2, 0.25) is 5.88 Å². The van der Waals surface area contributed by atoms with Crippen LogP contribution in [0.15, 0.2) is 35.6 Å². The highest BCUT2D eigenvalue weighted by atomic mass is 16.5. The van der Waals surface area contributed by atoms with Crippen LogP contribution in [0.25, 0.3) is 0 Å². The number of hydrogen-bond donors (Lipinski definition) is 2. The molecule has 3 saturated carbocycles. The number of aliphatic carboxylic acids is 1. The topological polar surface area (TPSA) is 111 Å². The van der Waals surface area contributed by atoms with Gasteiger partial charge >= 0.3 is 5.97 Å². The minimum absolute atomic E-state index is 0.0826. The van der Waals surface area contributed by atoms with Crippen molar-refractivity contribution in [1.82, 2.24) is 9.97 Å². The molecule has 1 aromatic carbocycles. The minimum atomic E-state index is -0.651. The van der Waals surface area contributed by atoms with E-state index in [1.807, 2.05) is 13.8 Å². The molecule has 3 fully saturated rings. The van der Waals surface area contributed by atoms with Crippen LogP contribution in [0.2, 0.25) is 0 Å². The van der Waals surface area contributed by atoms with Gasteiger partial charge in [-0.15, -0.1) is 0 Å². The number of nitrogen functional groups attached to an aromatic ring is 1. The van der Waals surface area contributed by atoms with Crippen LogP contribution in [0.4, 0.5) is 11.5 Å². The van der Waals surface area contributed by atoms with E-state index in [0.29, 0.717) is 17.4 Å². The molecule has 0 unspecified atom stereocenters. The molecule has 3 aliphatic carbocycles. The maximum absolute atomic E-state index is 11.9. The lowest BCUT2D eigenvalue weighted by Crippen LogP contribution is -2.41. The Morgan fingerprint density at radius 1 is 1.03 bits per heavy atom. The lowest BCUT2D eigenvalue weighted by Gasteiger charge is -2.41. The number of carbonyl (C=O) groups is 1. The lowest BCUT2D eigenvalue weighted by atomic mass is 9.62. The second-order valence-corrected chi connectivity index (χ2v) is 9.78. The van der Waals surface area contributed by atoms with Gasteiger partial charge in [0, 0.05) is 5.56 Å². The number of nitrogens with two attached hydrogens (primary N) is 1. The number of hydrogen-bond acceptors (Lipinski definition) is 6. The van der Waals surface area contributed by atoms with Crippen molar-refractivity contribution >= 4 is 23.2 Å². The van der Waals surface area contributed by atoms with Crippen LogP contribution in [0.1, 0.15) is 69.9 Å². The first-order chi connectivity index (χ1) is 14.7. The third-order valence-electron chi connectivity index (χ3n) is 7.66. The number of ether oxygens (including phenoxy) is 1. The number of aromatic nitrogens is 2. The fraction of sp³-hybridized carbons (Fsp3) is 0.500. The first kappa shape index (κ1) is 20.0. The maximum atomic E-state index is 11.9. The zero-order valence-electron chi connectivity index (χ0n) is 18.0. The van der Waals surface area contributed by atoms with Gasteiger partial charge in [0.25, 0.3) is 0 Å². The summed E-state index contributed by atoms with van der Waals surface area (Å²) in [4.78, 5) is 24.9. The Morgan fingerprint density at radius 2 is 1.74 bits per heavy atom. The molecule has 0 amide bonds. The van der Waals surface area contributed by atoms with Crippen LogP contribution >= 0.6 is 0 Å². The molecule has 2 aromatic rings. The molecule has 1 aromatic heterocycles. The SMILES string of the molecule is CC1(C)Oc2ncnc(N)c2N=C1c1ccc(C23CCCC(C(=O)O)(CC2)CC3)cc1. The van der Waals surface area contributed by atoms with Gasteiger partial charge in [-0.3, -0.25) is 4.79 Å². The molecular formula is C24H28N4O3. The number of carboxylic acids is 1. The highest BCUT2D eigenvalue weighted by molar-refractivity contribution is 6.09. The molecular weight excluding hydrogens is 392 g/mol. The molecule has 0 spiro atoms. The van der Waals surface area contributed by atoms with Gasteiger partial charge < -0.3 is 15.6 Å². The molecule has 1 aliphatic heterocycles. The van der Waals surface area contributed by atoms with E-state index in [4.69, 9.17) is 15.5 Å². The first-order valence-corrected chi connectivity index (χ1v) is 11.0. The molecule has 31 heavy (non-hydrogen) atoms. The Kier molecular flexibility index (Phi) is 4.36. The van der Waals surface area contributed by atoms with E-state index < -0.39 is 17.0 Å². The van der Waals surface area contributed by atoms with E-state index >= 15 is 0 Å². The van der Waals surface area contributed by atoms with E-state index in [1.165, 1.54) is 11.9 Å². The standard InChI is InChI=1S/C24H28N4O3/c1-22(2)18(28-17-19(25)26-14-27-20(17)31-22)15-4-6-16(7-5-15)23-8-3-9-24(12-10-23,13-11-23)21(29)30/h4-7,14H,3,8-13H2,1-2H3,(H,29,30)(H2,25,26,27). The van der Waals surface area contributed by atoms with Gasteiger partial charge in [0.05, 0.1) is 11.1 Å². The van der Waals surface area contributed by atoms with E-state index in [2.05, 4.69) is 34.2 Å². The summed E-state index contributed by atoms with van der Waals surface area (Å²) in [5, 5.41) is 9.77. The summed E-state index contributed by atoms with van der Waals surface area (Å²) in [5.74, 6) is 0.0924. The Balaban J connectivity index is 1.47. The summed E-state index contributed by atoms with van der Waals surface area (Å²) in [6, 6.07) is 8.58. The van der Waals surface area contributed by atoms with Gasteiger partial charge in [0.15, 0.2) is 11.5 Å². The van der Waals surface area contributed by atoms with Gasteiger partial charge in [-0.05, 0) is 63.4 Å². The number of nitrogens with zero attached hydrogens (tertiary/aromatic N) is 3. The van der Waals surface area contributed by atoms with Crippen LogP contribution < -0.4 is 10.5 Å². The van der Waals surface area contributed by atoms with E-state index in [1.54, 1.807) is 0 Å². The number of benzene rings is 1. The summed E-state index contributed by atoms with van der Waals surface area (Å²) in [7, 11) is 0. The zero-order chi connectivity index (χ0) is 21.9. The zero-order valence-corrected chi connectivity index (χ0v) is 18.0. The van der Waals surface area contributed by atoms with Gasteiger partial charge in [-0.25, -0.2) is 9.98 Å². The summed E-state index contributed by atoms with van der Waals surface area (Å²) >= 11 is 0. The molecule has 3 N–H and O–H groups in total. The number of rotatable bonds is 3. The van der Waals surface area contributed by atoms with Crippen molar-refractivity contribution in [3.05, 3.63) is 41.7 Å². The van der Waals surface area contributed by atoms with Crippen molar-refractivity contribution in [2.75, 3.05) is 5.73 Å². The minimum Gasteiger partial charge on any atom is -0.481 e. The Hall–Kier alpha value is -2.96. The molecule has 2 heterocycles. The summed E-state index contributed by atoms with van der Waals surface area (Å²) in [6.45, 7) is 3.94. The molecule has 162 valence electrons. The molecule has 0 atom stereocenters. The Labute approximate surface area is 181 Å². The molecule has 7 nitrogen and oxygen atoms in total. The smallest absolute Gasteiger partial charge is 0.309 e. The van der Waals surface area contributed by atoms with Gasteiger partial charge in [0.1, 0.15) is 11.9 Å². The number of fused-ring (bicyclic) bond motifs is 5. The van der Waals surface area contributed by atoms with Crippen molar-refractivity contribution in [2.45, 2.75) is 69.8 Å². The monoisotopic (exact) mass is 420 g/mol. The van der Waals surface area contributed by atoms with Crippen LogP contribution in [-0.4, -0.2) is 32.4 Å². The predicted octanol–water partition coefficient (Wildman–Crippen LogP) is 4.42. The average molecular weight is 421 g/mol. The van der Waals surface area contributed by atoms with Gasteiger partial charge in [-0.1, -0.05) is 30.7 Å². The van der Waals surface area contributed by atoms with Crippen molar-refractivity contribution in [2.24, 2.45) is 10.4 Å². The fourth-order valence-electron chi connectivity index (χ4n) is 5.71. The molecule has 4 aliphatic rings. The summed E-state index contributed by atoms with van der Waals surface area (Å²) in [6.07, 6.45) is 7.63. The average Bonchev–Trinajstić information content (AvgIpc) is 3.06. The van der Waals surface area contributed by atoms with E-state index in [-0.39, 0.29) is 5.41 Å². The summed E-state index contributed by atoms with van der Waals surface area (Å²) < 4.78 is 6.09. The third kappa shape index (κ3) is 3.09. The number of aliphatic imine (C=N–C) groups is 1. The number of anilines is 1. The predicted molar refractivity (Wildman–Crippen MR) is 118 cm³/mol. The Morgan fingerprint density at radius 3 is 2.42 bits per heavy atom. The lowest BCUT2D eigenvalue weighted by molar-refractivity contribution is -0.151. The summed E-state index contributed by atoms with van der Waals surface area (Å²) in [5.41, 5.74) is 8.46. The fourth-order valence-corrected chi connectivity index (χ4v) is 5.71. The highest BCUT2D eigenvalue weighted by Gasteiger charge is 2.50. The third-order valence-corrected chi connectivity index (χ3v) is 7.66. The van der Waals surface area contributed by atoms with Crippen molar-refractivity contribution < 1.29 is 14.6 Å². The largest absolute Gasteiger partial charge is 0.481 e. The quantitative estimate of drug-likeness (QED) is 0.760. The van der Waals surface area contributed by atoms with Crippen molar-refractivity contribution in [1.29, 1.82) is 0 Å². The number of carboxylic acid groups (broad SMARTS) is 1. The van der Waals surface area contributed by atoms with E-state index in [0.717, 1.165) is 56.2 Å². The first-order valence-electron chi connectivity index (χ1n) is 11.0. The second-order valence-electron chi connectivity index (χ2n) is 9.78. The molecule has 0 radical (unpaired) electrons. The van der Waals surface area contributed by atoms with Crippen molar-refractivity contribution in [3.8, 4) is 5.88 Å². The highest BCUT2D eigenvalue weighted by Crippen LogP contribution is 2.55. The second kappa shape index (κ2) is 6.77. The molecule has 0 saturated heterocycles. The molecule has 7 heteroatoms. The van der Waals surface area contributed by atoms with Gasteiger partial charge in [-0.2, -0.15) is 4.98 Å². The normalized spacial score (nSPS) is 28.8. The maximum Gasteiger partial charge on any atom is 0.309 e. The van der Waals surface area contributed by atoms with Crippen LogP contribution in [0.3, 0.4) is 0 Å².